The molecule has 0 saturated carbocycles. The van der Waals surface area contributed by atoms with Crippen LogP contribution in [0.4, 0.5) is 0 Å². The van der Waals surface area contributed by atoms with Crippen LogP contribution in [-0.4, -0.2) is 21.2 Å². The third-order valence-electron chi connectivity index (χ3n) is 1.13. The Morgan fingerprint density at radius 2 is 2.50 bits per heavy atom. The van der Waals surface area contributed by atoms with Gasteiger partial charge in [-0.15, -0.1) is 0 Å². The van der Waals surface area contributed by atoms with Crippen molar-refractivity contribution in [2.24, 2.45) is 0 Å². The van der Waals surface area contributed by atoms with Gasteiger partial charge in [0, 0.05) is 0 Å². The van der Waals surface area contributed by atoms with Crippen molar-refractivity contribution < 1.29 is 4.21 Å². The first kappa shape index (κ1) is 6.48. The maximum absolute atomic E-state index is 10.3. The summed E-state index contributed by atoms with van der Waals surface area (Å²) in [7, 11) is 3.64. The van der Waals surface area contributed by atoms with E-state index in [1.54, 1.807) is 0 Å². The van der Waals surface area contributed by atoms with Gasteiger partial charge in [0.2, 0.25) is 0 Å². The lowest BCUT2D eigenvalue weighted by atomic mass is 10.3. The summed E-state index contributed by atoms with van der Waals surface area (Å²) in [6.45, 7) is 0.475. The Morgan fingerprint density at radius 3 is 2.50 bits per heavy atom. The van der Waals surface area contributed by atoms with Crippen molar-refractivity contribution in [2.45, 2.75) is 11.8 Å². The molecule has 2 unspecified atom stereocenters. The van der Waals surface area contributed by atoms with E-state index in [2.05, 4.69) is 0 Å². The van der Waals surface area contributed by atoms with Gasteiger partial charge < -0.3 is 10.3 Å². The van der Waals surface area contributed by atoms with Crippen LogP contribution < -0.4 is 0 Å². The summed E-state index contributed by atoms with van der Waals surface area (Å²) in [5, 5.41) is 10.6. The fraction of sp³-hybridized carbons (Fsp3) is 1.00. The second-order valence-electron chi connectivity index (χ2n) is 1.63. The number of hydroxylamine groups is 2. The van der Waals surface area contributed by atoms with Crippen LogP contribution in [0.25, 0.3) is 0 Å². The number of halogens is 1. The predicted molar refractivity (Wildman–Crippen MR) is 32.5 cm³/mol. The molecule has 0 aromatic rings. The minimum Gasteiger partial charge on any atom is -0.784 e. The monoisotopic (exact) mass is 154 g/mol. The zero-order chi connectivity index (χ0) is 6.15. The molecular formula is C3H5ClNO2S-. The largest absolute Gasteiger partial charge is 0.784 e. The van der Waals surface area contributed by atoms with Crippen LogP contribution in [0.15, 0.2) is 0 Å². The van der Waals surface area contributed by atoms with Crippen molar-refractivity contribution in [3.05, 3.63) is 5.21 Å². The average molecular weight is 155 g/mol. The van der Waals surface area contributed by atoms with Gasteiger partial charge in [0.1, 0.15) is 10.0 Å². The maximum atomic E-state index is 10.3. The molecule has 1 heterocycles. The predicted octanol–water partition coefficient (Wildman–Crippen LogP) is 0.419. The lowest BCUT2D eigenvalue weighted by Crippen LogP contribution is -2.44. The van der Waals surface area contributed by atoms with Crippen LogP contribution in [0.3, 0.4) is 0 Å². The molecule has 1 aliphatic heterocycles. The van der Waals surface area contributed by atoms with E-state index < -0.39 is 15.4 Å². The first-order valence-electron chi connectivity index (χ1n) is 2.22. The standard InChI is InChI=1S/C3H5ClNO2S/c4-8(7)3-1-2-5(3)6/h3H,1-2H2/q-1. The highest BCUT2D eigenvalue weighted by molar-refractivity contribution is 8.08. The van der Waals surface area contributed by atoms with Crippen LogP contribution in [0.1, 0.15) is 6.42 Å². The fourth-order valence-electron chi connectivity index (χ4n) is 0.525. The molecule has 1 fully saturated rings. The Morgan fingerprint density at radius 1 is 1.88 bits per heavy atom. The summed E-state index contributed by atoms with van der Waals surface area (Å²) < 4.78 is 10.3. The molecule has 1 aliphatic rings. The maximum Gasteiger partial charge on any atom is 0.131 e. The van der Waals surface area contributed by atoms with E-state index in [0.717, 1.165) is 5.06 Å². The second-order valence-corrected chi connectivity index (χ2v) is 3.59. The minimum atomic E-state index is -1.47. The van der Waals surface area contributed by atoms with Gasteiger partial charge in [-0.1, -0.05) is 0 Å². The number of nitrogens with zero attached hydrogens (tertiary/aromatic N) is 1. The lowest BCUT2D eigenvalue weighted by molar-refractivity contribution is 0.230. The van der Waals surface area contributed by atoms with E-state index in [9.17, 15) is 9.42 Å². The molecule has 2 atom stereocenters. The molecule has 1 rings (SSSR count). The third kappa shape index (κ3) is 1.02. The Bertz CT molecular complexity index is 120. The van der Waals surface area contributed by atoms with Gasteiger partial charge in [-0.25, -0.2) is 4.21 Å². The Kier molecular flexibility index (Phi) is 1.87. The summed E-state index contributed by atoms with van der Waals surface area (Å²) in [5.74, 6) is 0. The molecular weight excluding hydrogens is 150 g/mol. The van der Waals surface area contributed by atoms with Gasteiger partial charge in [0.25, 0.3) is 0 Å². The number of hydrogen-bond acceptors (Lipinski definition) is 3. The molecule has 0 aromatic heterocycles. The fourth-order valence-corrected chi connectivity index (χ4v) is 1.64. The van der Waals surface area contributed by atoms with Crippen molar-refractivity contribution in [3.63, 3.8) is 0 Å². The SMILES string of the molecule is O=S(Cl)C1CCN1[O-]. The van der Waals surface area contributed by atoms with Gasteiger partial charge in [-0.2, -0.15) is 0 Å². The summed E-state index contributed by atoms with van der Waals surface area (Å²) in [4.78, 5) is 0. The van der Waals surface area contributed by atoms with E-state index in [1.165, 1.54) is 0 Å². The topological polar surface area (TPSA) is 43.4 Å². The van der Waals surface area contributed by atoms with Crippen molar-refractivity contribution >= 4 is 20.7 Å². The molecule has 0 bridgehead atoms. The summed E-state index contributed by atoms with van der Waals surface area (Å²) >= 11 is 0. The van der Waals surface area contributed by atoms with Gasteiger partial charge in [-0.3, -0.25) is 0 Å². The molecule has 48 valence electrons. The zero-order valence-corrected chi connectivity index (χ0v) is 5.61. The van der Waals surface area contributed by atoms with Crippen molar-refractivity contribution in [3.8, 4) is 0 Å². The Balaban J connectivity index is 2.37. The van der Waals surface area contributed by atoms with Crippen molar-refractivity contribution in [1.29, 1.82) is 0 Å². The van der Waals surface area contributed by atoms with Crippen LogP contribution in [0, 0.1) is 5.21 Å². The molecule has 0 aliphatic carbocycles. The van der Waals surface area contributed by atoms with E-state index in [4.69, 9.17) is 10.7 Å². The summed E-state index contributed by atoms with van der Waals surface area (Å²) in [6.07, 6.45) is 0.666. The van der Waals surface area contributed by atoms with E-state index in [1.807, 2.05) is 0 Å². The third-order valence-corrected chi connectivity index (χ3v) is 2.65. The van der Waals surface area contributed by atoms with Crippen molar-refractivity contribution in [2.75, 3.05) is 6.54 Å². The smallest absolute Gasteiger partial charge is 0.131 e. The quantitative estimate of drug-likeness (QED) is 0.514. The molecule has 8 heavy (non-hydrogen) atoms. The molecule has 5 heteroatoms. The summed E-state index contributed by atoms with van der Waals surface area (Å²) in [6, 6.07) is 0. The molecule has 0 radical (unpaired) electrons. The Labute approximate surface area is 54.2 Å². The zero-order valence-electron chi connectivity index (χ0n) is 4.04. The summed E-state index contributed by atoms with van der Waals surface area (Å²) in [5.41, 5.74) is 0. The molecule has 0 amide bonds. The van der Waals surface area contributed by atoms with E-state index in [0.29, 0.717) is 13.0 Å². The lowest BCUT2D eigenvalue weighted by Gasteiger charge is -2.43. The highest BCUT2D eigenvalue weighted by atomic mass is 35.7. The molecule has 0 N–H and O–H groups in total. The van der Waals surface area contributed by atoms with Crippen LogP contribution >= 0.6 is 10.7 Å². The second kappa shape index (κ2) is 2.31. The number of rotatable bonds is 1. The highest BCUT2D eigenvalue weighted by Crippen LogP contribution is 2.20. The van der Waals surface area contributed by atoms with Gasteiger partial charge >= 0.3 is 0 Å². The molecule has 3 nitrogen and oxygen atoms in total. The van der Waals surface area contributed by atoms with Gasteiger partial charge in [0.15, 0.2) is 0 Å². The van der Waals surface area contributed by atoms with E-state index in [-0.39, 0.29) is 0 Å². The average Bonchev–Trinajstić information content (AvgIpc) is 1.61. The van der Waals surface area contributed by atoms with Gasteiger partial charge in [-0.05, 0) is 23.6 Å². The Hall–Kier alpha value is 0.360. The van der Waals surface area contributed by atoms with Crippen LogP contribution in [0.5, 0.6) is 0 Å². The minimum absolute atomic E-state index is 0.434. The highest BCUT2D eigenvalue weighted by Gasteiger charge is 2.24. The first-order chi connectivity index (χ1) is 3.72. The van der Waals surface area contributed by atoms with Crippen molar-refractivity contribution in [1.82, 2.24) is 5.06 Å². The van der Waals surface area contributed by atoms with Crippen LogP contribution in [0.2, 0.25) is 0 Å². The van der Waals surface area contributed by atoms with Gasteiger partial charge in [0.05, 0.1) is 5.37 Å². The normalized spacial score (nSPS) is 34.0. The number of hydrogen-bond donors (Lipinski definition) is 0. The molecule has 0 spiro atoms. The van der Waals surface area contributed by atoms with E-state index >= 15 is 0 Å². The van der Waals surface area contributed by atoms with Crippen LogP contribution in [-0.2, 0) is 10.0 Å². The first-order valence-corrected chi connectivity index (χ1v) is 4.26. The molecule has 1 saturated heterocycles. The molecule has 0 aromatic carbocycles.